The predicted octanol–water partition coefficient (Wildman–Crippen LogP) is 2.95. The highest BCUT2D eigenvalue weighted by atomic mass is 79.9. The zero-order valence-electron chi connectivity index (χ0n) is 6.98. The van der Waals surface area contributed by atoms with Crippen molar-refractivity contribution in [2.45, 2.75) is 0 Å². The summed E-state index contributed by atoms with van der Waals surface area (Å²) in [6.45, 7) is 0. The van der Waals surface area contributed by atoms with Crippen LogP contribution in [-0.4, -0.2) is 15.0 Å². The molecule has 14 heavy (non-hydrogen) atoms. The zero-order chi connectivity index (χ0) is 9.97. The normalized spacial score (nSPS) is 10.1. The Bertz CT molecular complexity index is 427. The van der Waals surface area contributed by atoms with Gasteiger partial charge < -0.3 is 0 Å². The maximum atomic E-state index is 5.79. The summed E-state index contributed by atoms with van der Waals surface area (Å²) in [5, 5.41) is 0.396. The monoisotopic (exact) mass is 269 g/mol. The first-order valence-electron chi connectivity index (χ1n) is 3.87. The van der Waals surface area contributed by atoms with Crippen LogP contribution in [0.2, 0.25) is 5.15 Å². The molecule has 0 radical (unpaired) electrons. The SMILES string of the molecule is Clc1cc(-c2ccccn2)nc(Br)n1. The van der Waals surface area contributed by atoms with Gasteiger partial charge in [0.15, 0.2) is 4.73 Å². The Morgan fingerprint density at radius 2 is 2.00 bits per heavy atom. The summed E-state index contributed by atoms with van der Waals surface area (Å²) in [6.07, 6.45) is 1.71. The lowest BCUT2D eigenvalue weighted by molar-refractivity contribution is 1.10. The molecule has 0 aliphatic heterocycles. The van der Waals surface area contributed by atoms with Crippen LogP contribution in [0.5, 0.6) is 0 Å². The third kappa shape index (κ3) is 2.08. The Morgan fingerprint density at radius 3 is 2.64 bits per heavy atom. The molecule has 0 aromatic carbocycles. The first-order valence-corrected chi connectivity index (χ1v) is 5.04. The van der Waals surface area contributed by atoms with Gasteiger partial charge in [0.05, 0.1) is 11.4 Å². The van der Waals surface area contributed by atoms with Crippen LogP contribution in [-0.2, 0) is 0 Å². The fourth-order valence-corrected chi connectivity index (χ4v) is 1.70. The lowest BCUT2D eigenvalue weighted by Gasteiger charge is -1.99. The number of hydrogen-bond donors (Lipinski definition) is 0. The van der Waals surface area contributed by atoms with Crippen molar-refractivity contribution in [1.29, 1.82) is 0 Å². The van der Waals surface area contributed by atoms with Gasteiger partial charge in [-0.3, -0.25) is 4.98 Å². The van der Waals surface area contributed by atoms with E-state index < -0.39 is 0 Å². The van der Waals surface area contributed by atoms with Crippen LogP contribution < -0.4 is 0 Å². The van der Waals surface area contributed by atoms with Crippen LogP contribution >= 0.6 is 27.5 Å². The Labute approximate surface area is 94.3 Å². The highest BCUT2D eigenvalue weighted by Gasteiger charge is 2.03. The number of halogens is 2. The highest BCUT2D eigenvalue weighted by molar-refractivity contribution is 9.10. The maximum Gasteiger partial charge on any atom is 0.198 e. The lowest BCUT2D eigenvalue weighted by atomic mass is 10.3. The van der Waals surface area contributed by atoms with Gasteiger partial charge in [-0.05, 0) is 28.1 Å². The molecular weight excluding hydrogens is 265 g/mol. The van der Waals surface area contributed by atoms with E-state index in [1.54, 1.807) is 12.3 Å². The minimum Gasteiger partial charge on any atom is -0.255 e. The first kappa shape index (κ1) is 9.55. The molecule has 0 fully saturated rings. The average molecular weight is 271 g/mol. The van der Waals surface area contributed by atoms with E-state index in [1.807, 2.05) is 18.2 Å². The van der Waals surface area contributed by atoms with Gasteiger partial charge in [-0.1, -0.05) is 17.7 Å². The zero-order valence-corrected chi connectivity index (χ0v) is 9.33. The lowest BCUT2D eigenvalue weighted by Crippen LogP contribution is -1.90. The average Bonchev–Trinajstić information content (AvgIpc) is 2.18. The molecule has 70 valence electrons. The quantitative estimate of drug-likeness (QED) is 0.591. The Kier molecular flexibility index (Phi) is 2.74. The van der Waals surface area contributed by atoms with Gasteiger partial charge in [0, 0.05) is 12.3 Å². The minimum absolute atomic E-state index is 0.396. The van der Waals surface area contributed by atoms with E-state index in [1.165, 1.54) is 0 Å². The second-order valence-electron chi connectivity index (χ2n) is 2.56. The summed E-state index contributed by atoms with van der Waals surface area (Å²) in [5.74, 6) is 0. The van der Waals surface area contributed by atoms with Crippen LogP contribution in [0, 0.1) is 0 Å². The third-order valence-electron chi connectivity index (χ3n) is 1.59. The molecular formula is C9H5BrClN3. The van der Waals surface area contributed by atoms with E-state index in [-0.39, 0.29) is 0 Å². The summed E-state index contributed by atoms with van der Waals surface area (Å²) >= 11 is 8.97. The molecule has 2 heterocycles. The molecule has 0 N–H and O–H groups in total. The van der Waals surface area contributed by atoms with E-state index in [9.17, 15) is 0 Å². The molecule has 0 aliphatic rings. The van der Waals surface area contributed by atoms with E-state index >= 15 is 0 Å². The standard InChI is InChI=1S/C9H5BrClN3/c10-9-13-7(5-8(11)14-9)6-3-1-2-4-12-6/h1-5H. The van der Waals surface area contributed by atoms with Crippen LogP contribution in [0.4, 0.5) is 0 Å². The Balaban J connectivity index is 2.52. The molecule has 0 aliphatic carbocycles. The summed E-state index contributed by atoms with van der Waals surface area (Å²) < 4.78 is 0.464. The topological polar surface area (TPSA) is 38.7 Å². The summed E-state index contributed by atoms with van der Waals surface area (Å²) in [4.78, 5) is 12.2. The molecule has 5 heteroatoms. The largest absolute Gasteiger partial charge is 0.255 e. The predicted molar refractivity (Wildman–Crippen MR) is 58.0 cm³/mol. The summed E-state index contributed by atoms with van der Waals surface area (Å²) in [6, 6.07) is 7.29. The number of aromatic nitrogens is 3. The third-order valence-corrected chi connectivity index (χ3v) is 2.14. The van der Waals surface area contributed by atoms with Crippen molar-refractivity contribution >= 4 is 27.5 Å². The molecule has 2 rings (SSSR count). The minimum atomic E-state index is 0.396. The van der Waals surface area contributed by atoms with Crippen LogP contribution in [0.1, 0.15) is 0 Å². The van der Waals surface area contributed by atoms with Gasteiger partial charge in [0.2, 0.25) is 0 Å². The van der Waals surface area contributed by atoms with E-state index in [2.05, 4.69) is 30.9 Å². The van der Waals surface area contributed by atoms with E-state index in [0.717, 1.165) is 5.69 Å². The Hall–Kier alpha value is -1.00. The van der Waals surface area contributed by atoms with Crippen molar-refractivity contribution in [1.82, 2.24) is 15.0 Å². The maximum absolute atomic E-state index is 5.79. The Morgan fingerprint density at radius 1 is 1.14 bits per heavy atom. The molecule has 2 aromatic heterocycles. The van der Waals surface area contributed by atoms with Crippen LogP contribution in [0.25, 0.3) is 11.4 Å². The molecule has 3 nitrogen and oxygen atoms in total. The number of pyridine rings is 1. The van der Waals surface area contributed by atoms with Gasteiger partial charge in [-0.15, -0.1) is 0 Å². The van der Waals surface area contributed by atoms with Crippen LogP contribution in [0.15, 0.2) is 35.2 Å². The van der Waals surface area contributed by atoms with Crippen molar-refractivity contribution < 1.29 is 0 Å². The molecule has 0 saturated heterocycles. The second kappa shape index (κ2) is 4.02. The highest BCUT2D eigenvalue weighted by Crippen LogP contribution is 2.19. The fourth-order valence-electron chi connectivity index (χ4n) is 1.04. The fraction of sp³-hybridized carbons (Fsp3) is 0. The molecule has 0 amide bonds. The second-order valence-corrected chi connectivity index (χ2v) is 3.66. The van der Waals surface area contributed by atoms with E-state index in [4.69, 9.17) is 11.6 Å². The van der Waals surface area contributed by atoms with Crippen molar-refractivity contribution in [2.24, 2.45) is 0 Å². The first-order chi connectivity index (χ1) is 6.75. The van der Waals surface area contributed by atoms with Gasteiger partial charge >= 0.3 is 0 Å². The molecule has 0 saturated carbocycles. The van der Waals surface area contributed by atoms with Gasteiger partial charge in [0.1, 0.15) is 5.15 Å². The smallest absolute Gasteiger partial charge is 0.198 e. The molecule has 0 atom stereocenters. The summed E-state index contributed by atoms with van der Waals surface area (Å²) in [5.41, 5.74) is 1.48. The molecule has 2 aromatic rings. The van der Waals surface area contributed by atoms with Gasteiger partial charge in [0.25, 0.3) is 0 Å². The van der Waals surface area contributed by atoms with Crippen LogP contribution in [0.3, 0.4) is 0 Å². The number of rotatable bonds is 1. The van der Waals surface area contributed by atoms with Crippen molar-refractivity contribution in [3.63, 3.8) is 0 Å². The molecule has 0 unspecified atom stereocenters. The van der Waals surface area contributed by atoms with Crippen molar-refractivity contribution in [2.75, 3.05) is 0 Å². The molecule has 0 bridgehead atoms. The molecule has 0 spiro atoms. The van der Waals surface area contributed by atoms with E-state index in [0.29, 0.717) is 15.6 Å². The van der Waals surface area contributed by atoms with Crippen molar-refractivity contribution in [3.8, 4) is 11.4 Å². The number of hydrogen-bond acceptors (Lipinski definition) is 3. The summed E-state index contributed by atoms with van der Waals surface area (Å²) in [7, 11) is 0. The van der Waals surface area contributed by atoms with Gasteiger partial charge in [-0.25, -0.2) is 9.97 Å². The number of nitrogens with zero attached hydrogens (tertiary/aromatic N) is 3. The van der Waals surface area contributed by atoms with Crippen molar-refractivity contribution in [3.05, 3.63) is 40.3 Å². The van der Waals surface area contributed by atoms with Gasteiger partial charge in [-0.2, -0.15) is 0 Å².